The van der Waals surface area contributed by atoms with Gasteiger partial charge in [0.25, 0.3) is 0 Å². The van der Waals surface area contributed by atoms with Gasteiger partial charge in [-0.05, 0) is 72.8 Å². The highest BCUT2D eigenvalue weighted by Gasteiger charge is 2.36. The molecule has 0 fully saturated rings. The Morgan fingerprint density at radius 1 is 1.06 bits per heavy atom. The molecule has 5 rings (SSSR count). The van der Waals surface area contributed by atoms with Crippen LogP contribution in [0.2, 0.25) is 0 Å². The highest BCUT2D eigenvalue weighted by atomic mass is 32.2. The van der Waals surface area contributed by atoms with E-state index in [-0.39, 0.29) is 12.6 Å². The molecule has 4 aromatic rings. The van der Waals surface area contributed by atoms with Crippen LogP contribution in [0.3, 0.4) is 0 Å². The quantitative estimate of drug-likeness (QED) is 0.285. The Hall–Kier alpha value is -3.71. The third kappa shape index (κ3) is 3.82. The van der Waals surface area contributed by atoms with Crippen molar-refractivity contribution in [3.63, 3.8) is 0 Å². The number of para-hydroxylation sites is 2. The van der Waals surface area contributed by atoms with Crippen LogP contribution in [0.15, 0.2) is 83.3 Å². The lowest BCUT2D eigenvalue weighted by molar-refractivity contribution is -0.138. The zero-order chi connectivity index (χ0) is 23.7. The number of thioether (sulfide) groups is 1. The first-order valence-electron chi connectivity index (χ1n) is 11.1. The second kappa shape index (κ2) is 9.27. The van der Waals surface area contributed by atoms with Crippen LogP contribution in [-0.2, 0) is 9.53 Å². The van der Waals surface area contributed by atoms with Gasteiger partial charge < -0.3 is 14.8 Å². The number of aromatic nitrogens is 2. The Morgan fingerprint density at radius 3 is 2.47 bits per heavy atom. The number of hydrogen-bond donors (Lipinski definition) is 1. The number of nitrogens with zero attached hydrogens (tertiary/aromatic N) is 2. The van der Waals surface area contributed by atoms with Crippen molar-refractivity contribution in [1.29, 1.82) is 0 Å². The Morgan fingerprint density at radius 2 is 1.79 bits per heavy atom. The molecule has 1 aliphatic rings. The number of nitrogens with one attached hydrogen (secondary N) is 1. The maximum absolute atomic E-state index is 13.5. The Kier molecular flexibility index (Phi) is 6.02. The molecule has 6 nitrogen and oxygen atoms in total. The number of methoxy groups -OCH3 is 1. The molecular weight excluding hydrogens is 446 g/mol. The van der Waals surface area contributed by atoms with Gasteiger partial charge in [0.1, 0.15) is 5.75 Å². The monoisotopic (exact) mass is 471 g/mol. The van der Waals surface area contributed by atoms with Gasteiger partial charge in [0, 0.05) is 4.90 Å². The zero-order valence-corrected chi connectivity index (χ0v) is 20.1. The van der Waals surface area contributed by atoms with Crippen molar-refractivity contribution >= 4 is 40.4 Å². The third-order valence-corrected chi connectivity index (χ3v) is 6.68. The average Bonchev–Trinajstić information content (AvgIpc) is 3.26. The number of carbonyl (C=O) groups excluding carboxylic acids is 1. The predicted molar refractivity (Wildman–Crippen MR) is 136 cm³/mol. The van der Waals surface area contributed by atoms with Crippen LogP contribution >= 0.6 is 11.8 Å². The van der Waals surface area contributed by atoms with E-state index >= 15 is 0 Å². The molecule has 0 saturated heterocycles. The fraction of sp³-hybridized carbons (Fsp3) is 0.185. The molecule has 0 aliphatic carbocycles. The Bertz CT molecular complexity index is 1370. The van der Waals surface area contributed by atoms with E-state index in [2.05, 4.69) is 34.1 Å². The molecular formula is C27H25N3O3S. The van der Waals surface area contributed by atoms with Crippen molar-refractivity contribution in [3.05, 3.63) is 89.5 Å². The molecule has 1 aromatic heterocycles. The van der Waals surface area contributed by atoms with Crippen LogP contribution < -0.4 is 10.1 Å². The van der Waals surface area contributed by atoms with Gasteiger partial charge in [-0.3, -0.25) is 4.57 Å². The summed E-state index contributed by atoms with van der Waals surface area (Å²) in [7, 11) is 1.63. The highest BCUT2D eigenvalue weighted by Crippen LogP contribution is 2.42. The molecule has 7 heteroatoms. The van der Waals surface area contributed by atoms with Crippen LogP contribution in [0, 0.1) is 0 Å². The van der Waals surface area contributed by atoms with Crippen LogP contribution in [0.1, 0.15) is 24.1 Å². The summed E-state index contributed by atoms with van der Waals surface area (Å²) in [6.45, 7) is 2.11. The second-order valence-corrected chi connectivity index (χ2v) is 8.71. The number of rotatable bonds is 6. The number of benzene rings is 3. The van der Waals surface area contributed by atoms with Crippen molar-refractivity contribution in [1.82, 2.24) is 9.55 Å². The van der Waals surface area contributed by atoms with Crippen molar-refractivity contribution in [2.45, 2.75) is 17.9 Å². The molecule has 1 N–H and O–H groups in total. The Labute approximate surface area is 202 Å². The normalized spacial score (nSPS) is 15.1. The van der Waals surface area contributed by atoms with Gasteiger partial charge in [0.15, 0.2) is 0 Å². The van der Waals surface area contributed by atoms with Gasteiger partial charge >= 0.3 is 5.97 Å². The number of fused-ring (bicyclic) bond motifs is 3. The molecule has 1 aliphatic heterocycles. The van der Waals surface area contributed by atoms with Gasteiger partial charge in [-0.2, -0.15) is 0 Å². The fourth-order valence-electron chi connectivity index (χ4n) is 4.35. The third-order valence-electron chi connectivity index (χ3n) is 5.94. The van der Waals surface area contributed by atoms with Crippen molar-refractivity contribution in [2.24, 2.45) is 0 Å². The number of esters is 1. The molecule has 172 valence electrons. The number of ether oxygens (including phenoxy) is 2. The predicted octanol–water partition coefficient (Wildman–Crippen LogP) is 5.76. The minimum atomic E-state index is -0.407. The molecule has 0 radical (unpaired) electrons. The smallest absolute Gasteiger partial charge is 0.338 e. The van der Waals surface area contributed by atoms with E-state index in [1.165, 1.54) is 0 Å². The fourth-order valence-corrected chi connectivity index (χ4v) is 4.76. The first-order valence-corrected chi connectivity index (χ1v) is 12.3. The lowest BCUT2D eigenvalue weighted by Gasteiger charge is -2.31. The number of anilines is 1. The van der Waals surface area contributed by atoms with Gasteiger partial charge in [-0.1, -0.05) is 24.3 Å². The maximum atomic E-state index is 13.5. The van der Waals surface area contributed by atoms with E-state index in [0.29, 0.717) is 17.2 Å². The Balaban J connectivity index is 1.79. The van der Waals surface area contributed by atoms with Crippen LogP contribution in [-0.4, -0.2) is 35.5 Å². The van der Waals surface area contributed by atoms with E-state index in [1.807, 2.05) is 61.7 Å². The van der Waals surface area contributed by atoms with E-state index in [0.717, 1.165) is 32.8 Å². The van der Waals surface area contributed by atoms with Crippen molar-refractivity contribution < 1.29 is 14.3 Å². The summed E-state index contributed by atoms with van der Waals surface area (Å²) in [5.41, 5.74) is 4.86. The van der Waals surface area contributed by atoms with Crippen molar-refractivity contribution in [3.8, 4) is 5.75 Å². The number of carbonyl (C=O) groups is 1. The minimum absolute atomic E-state index is 0.286. The van der Waals surface area contributed by atoms with Gasteiger partial charge in [-0.25, -0.2) is 9.78 Å². The van der Waals surface area contributed by atoms with Gasteiger partial charge in [0.05, 0.1) is 42.1 Å². The topological polar surface area (TPSA) is 65.4 Å². The lowest BCUT2D eigenvalue weighted by Crippen LogP contribution is -2.29. The lowest BCUT2D eigenvalue weighted by atomic mass is 9.92. The first kappa shape index (κ1) is 22.1. The molecule has 3 aromatic carbocycles. The highest BCUT2D eigenvalue weighted by molar-refractivity contribution is 7.98. The second-order valence-electron chi connectivity index (χ2n) is 7.83. The summed E-state index contributed by atoms with van der Waals surface area (Å²) in [6, 6.07) is 23.5. The minimum Gasteiger partial charge on any atom is -0.497 e. The molecule has 0 saturated carbocycles. The molecule has 1 unspecified atom stereocenters. The van der Waals surface area contributed by atoms with Crippen LogP contribution in [0.4, 0.5) is 5.95 Å². The summed E-state index contributed by atoms with van der Waals surface area (Å²) in [5.74, 6) is 1.07. The first-order chi connectivity index (χ1) is 16.6. The standard InChI is InChI=1S/C27H25N3O3S/c1-4-33-26(31)23-24(17-9-13-19(32-2)14-10-17)29-27-28-21-7-5-6-8-22(21)30(27)25(23)18-11-15-20(34-3)16-12-18/h5-16,25H,4H2,1-3H3,(H,28,29). The molecule has 0 amide bonds. The molecule has 0 bridgehead atoms. The van der Waals surface area contributed by atoms with Gasteiger partial charge in [-0.15, -0.1) is 11.8 Å². The molecule has 2 heterocycles. The molecule has 34 heavy (non-hydrogen) atoms. The molecule has 0 spiro atoms. The van der Waals surface area contributed by atoms with E-state index in [1.54, 1.807) is 18.9 Å². The van der Waals surface area contributed by atoms with E-state index in [4.69, 9.17) is 14.5 Å². The SMILES string of the molecule is CCOC(=O)C1=C(c2ccc(OC)cc2)Nc2nc3ccccc3n2C1c1ccc(SC)cc1. The van der Waals surface area contributed by atoms with Crippen LogP contribution in [0.5, 0.6) is 5.75 Å². The van der Waals surface area contributed by atoms with Gasteiger partial charge in [0.2, 0.25) is 5.95 Å². The average molecular weight is 472 g/mol. The number of hydrogen-bond acceptors (Lipinski definition) is 6. The zero-order valence-electron chi connectivity index (χ0n) is 19.2. The molecule has 1 atom stereocenters. The summed E-state index contributed by atoms with van der Waals surface area (Å²) < 4.78 is 13.0. The summed E-state index contributed by atoms with van der Waals surface area (Å²) in [4.78, 5) is 19.5. The number of imidazole rings is 1. The summed E-state index contributed by atoms with van der Waals surface area (Å²) in [6.07, 6.45) is 2.05. The van der Waals surface area contributed by atoms with Crippen LogP contribution in [0.25, 0.3) is 16.7 Å². The van der Waals surface area contributed by atoms with E-state index in [9.17, 15) is 4.79 Å². The summed E-state index contributed by atoms with van der Waals surface area (Å²) in [5, 5.41) is 3.44. The summed E-state index contributed by atoms with van der Waals surface area (Å²) >= 11 is 1.68. The maximum Gasteiger partial charge on any atom is 0.338 e. The largest absolute Gasteiger partial charge is 0.497 e. The van der Waals surface area contributed by atoms with Crippen molar-refractivity contribution in [2.75, 3.05) is 25.3 Å². The van der Waals surface area contributed by atoms with E-state index < -0.39 is 6.04 Å².